The quantitative estimate of drug-likeness (QED) is 0.897. The highest BCUT2D eigenvalue weighted by Gasteiger charge is 2.21. The molecule has 1 aromatic heterocycles. The summed E-state index contributed by atoms with van der Waals surface area (Å²) in [6, 6.07) is 7.50. The van der Waals surface area contributed by atoms with Gasteiger partial charge in [0.1, 0.15) is 5.75 Å². The van der Waals surface area contributed by atoms with Gasteiger partial charge in [-0.3, -0.25) is 0 Å². The van der Waals surface area contributed by atoms with Gasteiger partial charge in [-0.05, 0) is 45.0 Å². The first-order chi connectivity index (χ1) is 8.50. The Morgan fingerprint density at radius 1 is 1.28 bits per heavy atom. The Hall–Kier alpha value is -1.88. The van der Waals surface area contributed by atoms with Gasteiger partial charge in [-0.15, -0.1) is 0 Å². The zero-order chi connectivity index (χ0) is 13.2. The van der Waals surface area contributed by atoms with Crippen molar-refractivity contribution >= 4 is 0 Å². The second-order valence-corrected chi connectivity index (χ2v) is 4.60. The summed E-state index contributed by atoms with van der Waals surface area (Å²) >= 11 is 0. The van der Waals surface area contributed by atoms with E-state index in [0.29, 0.717) is 18.3 Å². The molecule has 0 aliphatic carbocycles. The fourth-order valence-electron chi connectivity index (χ4n) is 1.46. The molecule has 0 unspecified atom stereocenters. The maximum Gasteiger partial charge on any atom is 0.257 e. The molecule has 0 radical (unpaired) electrons. The van der Waals surface area contributed by atoms with E-state index in [9.17, 15) is 0 Å². The van der Waals surface area contributed by atoms with Crippen molar-refractivity contribution in [2.24, 2.45) is 5.73 Å². The standard InChI is InChI=1S/C13H17N3O2/c1-4-17-10-7-5-9(6-8-10)11-15-12(16-18-11)13(2,3)14/h5-8H,4,14H2,1-3H3. The summed E-state index contributed by atoms with van der Waals surface area (Å²) in [5, 5.41) is 3.88. The lowest BCUT2D eigenvalue weighted by molar-refractivity contribution is 0.340. The van der Waals surface area contributed by atoms with Crippen molar-refractivity contribution in [2.75, 3.05) is 6.61 Å². The molecule has 2 N–H and O–H groups in total. The van der Waals surface area contributed by atoms with Crippen molar-refractivity contribution in [3.8, 4) is 17.2 Å². The number of aromatic nitrogens is 2. The zero-order valence-corrected chi connectivity index (χ0v) is 10.8. The van der Waals surface area contributed by atoms with Crippen LogP contribution in [0.4, 0.5) is 0 Å². The lowest BCUT2D eigenvalue weighted by Gasteiger charge is -2.11. The number of hydrogen-bond acceptors (Lipinski definition) is 5. The molecule has 18 heavy (non-hydrogen) atoms. The van der Waals surface area contributed by atoms with E-state index in [0.717, 1.165) is 11.3 Å². The van der Waals surface area contributed by atoms with Crippen molar-refractivity contribution in [2.45, 2.75) is 26.3 Å². The average molecular weight is 247 g/mol. The van der Waals surface area contributed by atoms with Gasteiger partial charge in [0.25, 0.3) is 5.89 Å². The predicted octanol–water partition coefficient (Wildman–Crippen LogP) is 2.33. The van der Waals surface area contributed by atoms with Gasteiger partial charge >= 0.3 is 0 Å². The molecule has 96 valence electrons. The van der Waals surface area contributed by atoms with Crippen molar-refractivity contribution in [1.29, 1.82) is 0 Å². The van der Waals surface area contributed by atoms with E-state index in [1.807, 2.05) is 45.0 Å². The number of nitrogens with zero attached hydrogens (tertiary/aromatic N) is 2. The maximum absolute atomic E-state index is 5.91. The molecule has 0 saturated carbocycles. The number of benzene rings is 1. The molecule has 0 aliphatic heterocycles. The lowest BCUT2D eigenvalue weighted by atomic mass is 10.1. The van der Waals surface area contributed by atoms with Crippen LogP contribution in [-0.2, 0) is 5.54 Å². The zero-order valence-electron chi connectivity index (χ0n) is 10.8. The van der Waals surface area contributed by atoms with Crippen LogP contribution in [0.5, 0.6) is 5.75 Å². The lowest BCUT2D eigenvalue weighted by Crippen LogP contribution is -2.30. The fraction of sp³-hybridized carbons (Fsp3) is 0.385. The fourth-order valence-corrected chi connectivity index (χ4v) is 1.46. The summed E-state index contributed by atoms with van der Waals surface area (Å²) in [6.07, 6.45) is 0. The minimum absolute atomic E-state index is 0.464. The Kier molecular flexibility index (Phi) is 3.34. The molecule has 5 heteroatoms. The molecule has 1 aromatic carbocycles. The van der Waals surface area contributed by atoms with Crippen molar-refractivity contribution in [3.63, 3.8) is 0 Å². The monoisotopic (exact) mass is 247 g/mol. The predicted molar refractivity (Wildman–Crippen MR) is 68.1 cm³/mol. The molecule has 0 atom stereocenters. The molecule has 1 heterocycles. The number of ether oxygens (including phenoxy) is 1. The van der Waals surface area contributed by atoms with Gasteiger partial charge in [0.2, 0.25) is 0 Å². The van der Waals surface area contributed by atoms with Gasteiger partial charge in [-0.2, -0.15) is 4.98 Å². The van der Waals surface area contributed by atoms with Gasteiger partial charge in [0.05, 0.1) is 12.1 Å². The molecular formula is C13H17N3O2. The second-order valence-electron chi connectivity index (χ2n) is 4.60. The van der Waals surface area contributed by atoms with Crippen LogP contribution < -0.4 is 10.5 Å². The number of nitrogens with two attached hydrogens (primary N) is 1. The normalized spacial score (nSPS) is 11.6. The Morgan fingerprint density at radius 2 is 1.94 bits per heavy atom. The summed E-state index contributed by atoms with van der Waals surface area (Å²) in [4.78, 5) is 4.28. The third kappa shape index (κ3) is 2.68. The van der Waals surface area contributed by atoms with E-state index < -0.39 is 5.54 Å². The van der Waals surface area contributed by atoms with Crippen molar-refractivity contribution in [3.05, 3.63) is 30.1 Å². The molecule has 0 amide bonds. The highest BCUT2D eigenvalue weighted by atomic mass is 16.5. The summed E-state index contributed by atoms with van der Waals surface area (Å²) in [6.45, 7) is 6.26. The van der Waals surface area contributed by atoms with Crippen LogP contribution in [0.1, 0.15) is 26.6 Å². The first-order valence-corrected chi connectivity index (χ1v) is 5.87. The molecule has 0 saturated heterocycles. The third-order valence-electron chi connectivity index (χ3n) is 2.41. The van der Waals surface area contributed by atoms with E-state index in [4.69, 9.17) is 15.0 Å². The van der Waals surface area contributed by atoms with Crippen LogP contribution in [0, 0.1) is 0 Å². The highest BCUT2D eigenvalue weighted by Crippen LogP contribution is 2.23. The van der Waals surface area contributed by atoms with Crippen LogP contribution >= 0.6 is 0 Å². The van der Waals surface area contributed by atoms with Crippen LogP contribution in [0.25, 0.3) is 11.5 Å². The molecular weight excluding hydrogens is 230 g/mol. The Bertz CT molecular complexity index is 512. The Labute approximate surface area is 106 Å². The number of rotatable bonds is 4. The molecule has 0 spiro atoms. The first kappa shape index (κ1) is 12.6. The van der Waals surface area contributed by atoms with Gasteiger partial charge in [0.15, 0.2) is 5.82 Å². The van der Waals surface area contributed by atoms with E-state index in [-0.39, 0.29) is 0 Å². The first-order valence-electron chi connectivity index (χ1n) is 5.87. The molecule has 2 rings (SSSR count). The van der Waals surface area contributed by atoms with Crippen LogP contribution in [-0.4, -0.2) is 16.7 Å². The minimum atomic E-state index is -0.604. The van der Waals surface area contributed by atoms with Crippen LogP contribution in [0.2, 0.25) is 0 Å². The number of hydrogen-bond donors (Lipinski definition) is 1. The van der Waals surface area contributed by atoms with Crippen molar-refractivity contribution in [1.82, 2.24) is 10.1 Å². The molecule has 0 bridgehead atoms. The Balaban J connectivity index is 2.23. The highest BCUT2D eigenvalue weighted by molar-refractivity contribution is 5.54. The summed E-state index contributed by atoms with van der Waals surface area (Å²) in [5.41, 5.74) is 6.15. The average Bonchev–Trinajstić information content (AvgIpc) is 2.79. The maximum atomic E-state index is 5.91. The van der Waals surface area contributed by atoms with Gasteiger partial charge in [0, 0.05) is 5.56 Å². The van der Waals surface area contributed by atoms with Crippen LogP contribution in [0.3, 0.4) is 0 Å². The van der Waals surface area contributed by atoms with Gasteiger partial charge in [-0.25, -0.2) is 0 Å². The van der Waals surface area contributed by atoms with E-state index in [1.165, 1.54) is 0 Å². The smallest absolute Gasteiger partial charge is 0.257 e. The second kappa shape index (κ2) is 4.78. The van der Waals surface area contributed by atoms with E-state index >= 15 is 0 Å². The van der Waals surface area contributed by atoms with Crippen molar-refractivity contribution < 1.29 is 9.26 Å². The molecule has 0 fully saturated rings. The molecule has 5 nitrogen and oxygen atoms in total. The van der Waals surface area contributed by atoms with Gasteiger partial charge in [-0.1, -0.05) is 5.16 Å². The van der Waals surface area contributed by atoms with E-state index in [2.05, 4.69) is 10.1 Å². The van der Waals surface area contributed by atoms with Crippen LogP contribution in [0.15, 0.2) is 28.8 Å². The Morgan fingerprint density at radius 3 is 2.44 bits per heavy atom. The summed E-state index contributed by atoms with van der Waals surface area (Å²) in [7, 11) is 0. The molecule has 0 aliphatic rings. The van der Waals surface area contributed by atoms with Gasteiger partial charge < -0.3 is 15.0 Å². The third-order valence-corrected chi connectivity index (χ3v) is 2.41. The minimum Gasteiger partial charge on any atom is -0.494 e. The summed E-state index contributed by atoms with van der Waals surface area (Å²) < 4.78 is 10.6. The largest absolute Gasteiger partial charge is 0.494 e. The SMILES string of the molecule is CCOc1ccc(-c2nc(C(C)(C)N)no2)cc1. The topological polar surface area (TPSA) is 74.2 Å². The molecule has 2 aromatic rings. The van der Waals surface area contributed by atoms with E-state index in [1.54, 1.807) is 0 Å². The summed E-state index contributed by atoms with van der Waals surface area (Å²) in [5.74, 6) is 1.78.